The molecule has 0 aliphatic heterocycles. The molecule has 100 valence electrons. The average Bonchev–Trinajstić information content (AvgIpc) is 2.94. The minimum Gasteiger partial charge on any atom is -0.494 e. The van der Waals surface area contributed by atoms with Crippen LogP contribution in [0.1, 0.15) is 15.9 Å². The van der Waals surface area contributed by atoms with Gasteiger partial charge in [-0.2, -0.15) is 0 Å². The molecule has 0 amide bonds. The highest BCUT2D eigenvalue weighted by Gasteiger charge is 2.15. The third kappa shape index (κ3) is 2.08. The first-order chi connectivity index (χ1) is 9.70. The van der Waals surface area contributed by atoms with Crippen LogP contribution in [0.5, 0.6) is 5.75 Å². The Morgan fingerprint density at radius 1 is 1.20 bits per heavy atom. The van der Waals surface area contributed by atoms with E-state index in [9.17, 15) is 9.18 Å². The number of thiophene rings is 1. The summed E-state index contributed by atoms with van der Waals surface area (Å²) in [6.45, 7) is 0. The molecular weight excluding hydrogens is 275 g/mol. The molecule has 0 fully saturated rings. The van der Waals surface area contributed by atoms with Crippen molar-refractivity contribution in [2.24, 2.45) is 0 Å². The molecule has 0 aliphatic rings. The molecule has 4 heteroatoms. The van der Waals surface area contributed by atoms with E-state index in [1.54, 1.807) is 12.1 Å². The third-order valence-electron chi connectivity index (χ3n) is 3.14. The lowest BCUT2D eigenvalue weighted by atomic mass is 10.0. The van der Waals surface area contributed by atoms with Gasteiger partial charge in [0.15, 0.2) is 17.3 Å². The van der Waals surface area contributed by atoms with E-state index in [2.05, 4.69) is 0 Å². The van der Waals surface area contributed by atoms with Gasteiger partial charge in [-0.3, -0.25) is 4.79 Å². The largest absolute Gasteiger partial charge is 0.494 e. The number of halogens is 1. The number of methoxy groups -OCH3 is 1. The van der Waals surface area contributed by atoms with E-state index in [1.165, 1.54) is 30.6 Å². The Morgan fingerprint density at radius 2 is 2.05 bits per heavy atom. The van der Waals surface area contributed by atoms with Crippen LogP contribution in [0, 0.1) is 5.82 Å². The molecule has 3 rings (SSSR count). The molecule has 1 heterocycles. The van der Waals surface area contributed by atoms with E-state index in [0.717, 1.165) is 10.1 Å². The molecule has 0 radical (unpaired) electrons. The van der Waals surface area contributed by atoms with Gasteiger partial charge in [0.2, 0.25) is 0 Å². The van der Waals surface area contributed by atoms with Gasteiger partial charge in [-0.15, -0.1) is 11.3 Å². The molecule has 0 aliphatic carbocycles. The summed E-state index contributed by atoms with van der Waals surface area (Å²) in [5.41, 5.74) is 0.922. The molecule has 0 unspecified atom stereocenters. The lowest BCUT2D eigenvalue weighted by molar-refractivity contribution is 0.104. The van der Waals surface area contributed by atoms with Gasteiger partial charge in [0.05, 0.1) is 7.11 Å². The van der Waals surface area contributed by atoms with E-state index >= 15 is 0 Å². The van der Waals surface area contributed by atoms with E-state index in [0.29, 0.717) is 11.1 Å². The Balaban J connectivity index is 2.08. The van der Waals surface area contributed by atoms with Crippen LogP contribution < -0.4 is 4.74 Å². The van der Waals surface area contributed by atoms with Crippen molar-refractivity contribution in [1.29, 1.82) is 0 Å². The summed E-state index contributed by atoms with van der Waals surface area (Å²) in [6.07, 6.45) is 0. The van der Waals surface area contributed by atoms with Crippen molar-refractivity contribution < 1.29 is 13.9 Å². The maximum absolute atomic E-state index is 13.7. The number of rotatable bonds is 3. The maximum atomic E-state index is 13.7. The fraction of sp³-hybridized carbons (Fsp3) is 0.0625. The van der Waals surface area contributed by atoms with Gasteiger partial charge in [-0.1, -0.05) is 12.1 Å². The van der Waals surface area contributed by atoms with Crippen LogP contribution in [0.4, 0.5) is 4.39 Å². The van der Waals surface area contributed by atoms with Crippen molar-refractivity contribution in [3.8, 4) is 5.75 Å². The zero-order chi connectivity index (χ0) is 14.1. The van der Waals surface area contributed by atoms with E-state index in [-0.39, 0.29) is 11.5 Å². The normalized spacial score (nSPS) is 10.7. The van der Waals surface area contributed by atoms with Gasteiger partial charge in [0.25, 0.3) is 0 Å². The van der Waals surface area contributed by atoms with Crippen LogP contribution in [-0.4, -0.2) is 12.9 Å². The summed E-state index contributed by atoms with van der Waals surface area (Å²) in [4.78, 5) is 12.5. The van der Waals surface area contributed by atoms with Crippen molar-refractivity contribution in [3.63, 3.8) is 0 Å². The predicted octanol–water partition coefficient (Wildman–Crippen LogP) is 4.28. The van der Waals surface area contributed by atoms with Crippen LogP contribution >= 0.6 is 11.3 Å². The van der Waals surface area contributed by atoms with Crippen molar-refractivity contribution in [3.05, 3.63) is 64.8 Å². The molecule has 0 spiro atoms. The molecule has 3 aromatic rings. The predicted molar refractivity (Wildman–Crippen MR) is 78.2 cm³/mol. The minimum atomic E-state index is -0.531. The second kappa shape index (κ2) is 5.06. The summed E-state index contributed by atoms with van der Waals surface area (Å²) >= 11 is 1.51. The zero-order valence-corrected chi connectivity index (χ0v) is 11.5. The van der Waals surface area contributed by atoms with Gasteiger partial charge in [0, 0.05) is 15.8 Å². The van der Waals surface area contributed by atoms with Crippen LogP contribution in [0.25, 0.3) is 10.1 Å². The van der Waals surface area contributed by atoms with Crippen molar-refractivity contribution in [2.75, 3.05) is 7.11 Å². The summed E-state index contributed by atoms with van der Waals surface area (Å²) in [7, 11) is 1.40. The van der Waals surface area contributed by atoms with Gasteiger partial charge in [-0.25, -0.2) is 4.39 Å². The summed E-state index contributed by atoms with van der Waals surface area (Å²) in [5.74, 6) is -0.577. The maximum Gasteiger partial charge on any atom is 0.194 e. The molecule has 1 aromatic heterocycles. The molecule has 0 bridgehead atoms. The molecule has 0 saturated carbocycles. The Morgan fingerprint density at radius 3 is 2.80 bits per heavy atom. The Bertz CT molecular complexity index is 792. The van der Waals surface area contributed by atoms with Gasteiger partial charge in [0.1, 0.15) is 0 Å². The van der Waals surface area contributed by atoms with E-state index in [1.807, 2.05) is 23.6 Å². The molecule has 0 atom stereocenters. The fourth-order valence-corrected chi connectivity index (χ4v) is 3.05. The van der Waals surface area contributed by atoms with Crippen molar-refractivity contribution in [1.82, 2.24) is 0 Å². The molecule has 0 N–H and O–H groups in total. The SMILES string of the molecule is COc1ccc(C(=O)c2cccc3ccsc23)cc1F. The standard InChI is InChI=1S/C16H11FO2S/c1-19-14-6-5-11(9-13(14)17)15(18)12-4-2-3-10-7-8-20-16(10)12/h2-9H,1H3. The first kappa shape index (κ1) is 12.8. The Hall–Kier alpha value is -2.20. The molecule has 2 aromatic carbocycles. The smallest absolute Gasteiger partial charge is 0.194 e. The number of ketones is 1. The molecule has 2 nitrogen and oxygen atoms in total. The zero-order valence-electron chi connectivity index (χ0n) is 10.7. The minimum absolute atomic E-state index is 0.135. The summed E-state index contributed by atoms with van der Waals surface area (Å²) < 4.78 is 19.5. The highest BCUT2D eigenvalue weighted by Crippen LogP contribution is 2.27. The average molecular weight is 286 g/mol. The second-order valence-corrected chi connectivity index (χ2v) is 5.24. The van der Waals surface area contributed by atoms with Crippen LogP contribution in [0.15, 0.2) is 47.8 Å². The third-order valence-corrected chi connectivity index (χ3v) is 4.10. The monoisotopic (exact) mass is 286 g/mol. The Labute approximate surface area is 119 Å². The number of carbonyl (C=O) groups excluding carboxylic acids is 1. The van der Waals surface area contributed by atoms with Gasteiger partial charge in [-0.05, 0) is 41.1 Å². The fourth-order valence-electron chi connectivity index (χ4n) is 2.13. The van der Waals surface area contributed by atoms with Crippen LogP contribution in [0.2, 0.25) is 0 Å². The first-order valence-corrected chi connectivity index (χ1v) is 6.93. The van der Waals surface area contributed by atoms with Crippen molar-refractivity contribution >= 4 is 27.2 Å². The molecule has 20 heavy (non-hydrogen) atoms. The molecule has 0 saturated heterocycles. The quantitative estimate of drug-likeness (QED) is 0.672. The summed E-state index contributed by atoms with van der Waals surface area (Å²) in [6, 6.07) is 11.8. The lowest BCUT2D eigenvalue weighted by Gasteiger charge is -2.05. The number of carbonyl (C=O) groups is 1. The highest BCUT2D eigenvalue weighted by atomic mass is 32.1. The lowest BCUT2D eigenvalue weighted by Crippen LogP contribution is -2.02. The van der Waals surface area contributed by atoms with E-state index < -0.39 is 5.82 Å². The summed E-state index contributed by atoms with van der Waals surface area (Å²) in [5, 5.41) is 2.96. The van der Waals surface area contributed by atoms with E-state index in [4.69, 9.17) is 4.74 Å². The van der Waals surface area contributed by atoms with Gasteiger partial charge >= 0.3 is 0 Å². The highest BCUT2D eigenvalue weighted by molar-refractivity contribution is 7.17. The van der Waals surface area contributed by atoms with Crippen LogP contribution in [-0.2, 0) is 0 Å². The van der Waals surface area contributed by atoms with Gasteiger partial charge < -0.3 is 4.74 Å². The number of hydrogen-bond acceptors (Lipinski definition) is 3. The second-order valence-electron chi connectivity index (χ2n) is 4.32. The molecular formula is C16H11FO2S. The van der Waals surface area contributed by atoms with Crippen LogP contribution in [0.3, 0.4) is 0 Å². The number of benzene rings is 2. The van der Waals surface area contributed by atoms with Crippen molar-refractivity contribution in [2.45, 2.75) is 0 Å². The Kier molecular flexibility index (Phi) is 3.24. The number of hydrogen-bond donors (Lipinski definition) is 0. The topological polar surface area (TPSA) is 26.3 Å². The first-order valence-electron chi connectivity index (χ1n) is 6.05. The number of fused-ring (bicyclic) bond motifs is 1. The number of ether oxygens (including phenoxy) is 1.